The summed E-state index contributed by atoms with van der Waals surface area (Å²) in [5.41, 5.74) is 4.05. The van der Waals surface area contributed by atoms with E-state index >= 15 is 0 Å². The van der Waals surface area contributed by atoms with Crippen molar-refractivity contribution in [2.24, 2.45) is 0 Å². The van der Waals surface area contributed by atoms with Crippen LogP contribution in [0.4, 0.5) is 0 Å². The number of aromatic nitrogens is 2. The van der Waals surface area contributed by atoms with E-state index in [0.29, 0.717) is 17.1 Å². The number of hydrogen-bond acceptors (Lipinski definition) is 3. The zero-order valence-corrected chi connectivity index (χ0v) is 14.8. The van der Waals surface area contributed by atoms with Gasteiger partial charge in [-0.3, -0.25) is 4.79 Å². The minimum absolute atomic E-state index is 0.173. The number of aromatic amines is 1. The Labute approximate surface area is 157 Å². The quantitative estimate of drug-likeness (QED) is 0.514. The first-order valence-electron chi connectivity index (χ1n) is 8.66. The van der Waals surface area contributed by atoms with Crippen molar-refractivity contribution >= 4 is 5.78 Å². The van der Waals surface area contributed by atoms with Gasteiger partial charge in [0.25, 0.3) is 0 Å². The van der Waals surface area contributed by atoms with Crippen LogP contribution in [-0.2, 0) is 0 Å². The zero-order valence-electron chi connectivity index (χ0n) is 14.8. The molecule has 4 nitrogen and oxygen atoms in total. The Balaban J connectivity index is 1.83. The Morgan fingerprint density at radius 1 is 0.852 bits per heavy atom. The maximum atomic E-state index is 13.0. The molecule has 0 saturated heterocycles. The van der Waals surface area contributed by atoms with Gasteiger partial charge in [0.05, 0.1) is 18.5 Å². The fourth-order valence-corrected chi connectivity index (χ4v) is 3.00. The van der Waals surface area contributed by atoms with Gasteiger partial charge in [0.1, 0.15) is 5.75 Å². The summed E-state index contributed by atoms with van der Waals surface area (Å²) in [6.07, 6.45) is 0. The van der Waals surface area contributed by atoms with Gasteiger partial charge in [-0.15, -0.1) is 0 Å². The van der Waals surface area contributed by atoms with E-state index in [9.17, 15) is 4.79 Å². The van der Waals surface area contributed by atoms with E-state index < -0.39 is 0 Å². The van der Waals surface area contributed by atoms with Crippen LogP contribution >= 0.6 is 0 Å². The van der Waals surface area contributed by atoms with Crippen LogP contribution < -0.4 is 4.74 Å². The Bertz CT molecular complexity index is 1010. The molecule has 1 aromatic heterocycles. The Kier molecular flexibility index (Phi) is 4.54. The number of benzene rings is 3. The minimum Gasteiger partial charge on any atom is -0.497 e. The lowest BCUT2D eigenvalue weighted by atomic mass is 10.1. The molecular weight excluding hydrogens is 336 g/mol. The fourth-order valence-electron chi connectivity index (χ4n) is 3.00. The molecule has 1 heterocycles. The molecule has 0 bridgehead atoms. The molecule has 0 spiro atoms. The largest absolute Gasteiger partial charge is 0.497 e. The predicted octanol–water partition coefficient (Wildman–Crippen LogP) is 4.98. The predicted molar refractivity (Wildman–Crippen MR) is 106 cm³/mol. The molecule has 0 atom stereocenters. The molecule has 0 aliphatic rings. The van der Waals surface area contributed by atoms with Crippen molar-refractivity contribution in [2.75, 3.05) is 7.11 Å². The molecule has 4 heteroatoms. The molecule has 4 rings (SSSR count). The summed E-state index contributed by atoms with van der Waals surface area (Å²) < 4.78 is 5.23. The van der Waals surface area contributed by atoms with Crippen LogP contribution in [0.2, 0.25) is 0 Å². The number of nitrogens with one attached hydrogen (secondary N) is 1. The van der Waals surface area contributed by atoms with Crippen molar-refractivity contribution in [3.8, 4) is 28.3 Å². The number of carbonyl (C=O) groups excluding carboxylic acids is 1. The highest BCUT2D eigenvalue weighted by Crippen LogP contribution is 2.30. The summed E-state index contributed by atoms with van der Waals surface area (Å²) in [7, 11) is 1.58. The van der Waals surface area contributed by atoms with Crippen molar-refractivity contribution in [3.63, 3.8) is 0 Å². The summed E-state index contributed by atoms with van der Waals surface area (Å²) in [6.45, 7) is 0. The van der Waals surface area contributed by atoms with E-state index in [1.54, 1.807) is 25.3 Å². The van der Waals surface area contributed by atoms with Gasteiger partial charge in [-0.1, -0.05) is 72.8 Å². The molecule has 132 valence electrons. The maximum Gasteiger partial charge on any atom is 0.228 e. The summed E-state index contributed by atoms with van der Waals surface area (Å²) in [5, 5.41) is 0. The Hall–Kier alpha value is -3.66. The van der Waals surface area contributed by atoms with Crippen molar-refractivity contribution in [1.82, 2.24) is 9.97 Å². The SMILES string of the molecule is COc1cccc(C(=O)c2nc(-c3ccccc3)c(-c3ccccc3)[nH]2)c1. The molecule has 1 N–H and O–H groups in total. The summed E-state index contributed by atoms with van der Waals surface area (Å²) in [6, 6.07) is 26.8. The number of hydrogen-bond donors (Lipinski definition) is 1. The molecule has 0 aliphatic carbocycles. The number of rotatable bonds is 5. The lowest BCUT2D eigenvalue weighted by molar-refractivity contribution is 0.103. The smallest absolute Gasteiger partial charge is 0.228 e. The average Bonchev–Trinajstić information content (AvgIpc) is 3.20. The second-order valence-electron chi connectivity index (χ2n) is 6.10. The number of H-pyrrole nitrogens is 1. The van der Waals surface area contributed by atoms with Gasteiger partial charge in [0.15, 0.2) is 5.82 Å². The highest BCUT2D eigenvalue weighted by molar-refractivity contribution is 6.07. The number of ketones is 1. The molecule has 0 unspecified atom stereocenters. The average molecular weight is 354 g/mol. The topological polar surface area (TPSA) is 55.0 Å². The first-order chi connectivity index (χ1) is 13.3. The van der Waals surface area contributed by atoms with Crippen molar-refractivity contribution in [1.29, 1.82) is 0 Å². The van der Waals surface area contributed by atoms with Crippen LogP contribution in [0.5, 0.6) is 5.75 Å². The third kappa shape index (κ3) is 3.37. The van der Waals surface area contributed by atoms with Gasteiger partial charge in [-0.05, 0) is 12.1 Å². The molecule has 0 radical (unpaired) electrons. The van der Waals surface area contributed by atoms with Crippen LogP contribution in [0.3, 0.4) is 0 Å². The lowest BCUT2D eigenvalue weighted by Crippen LogP contribution is -2.04. The van der Waals surface area contributed by atoms with E-state index in [0.717, 1.165) is 22.5 Å². The van der Waals surface area contributed by atoms with E-state index in [4.69, 9.17) is 4.74 Å². The Morgan fingerprint density at radius 2 is 1.52 bits per heavy atom. The van der Waals surface area contributed by atoms with Crippen LogP contribution in [0.1, 0.15) is 16.2 Å². The van der Waals surface area contributed by atoms with Crippen molar-refractivity contribution < 1.29 is 9.53 Å². The van der Waals surface area contributed by atoms with Crippen LogP contribution in [-0.4, -0.2) is 22.9 Å². The standard InChI is InChI=1S/C23H18N2O2/c1-27-19-14-8-13-18(15-19)22(26)23-24-20(16-9-4-2-5-10-16)21(25-23)17-11-6-3-7-12-17/h2-15H,1H3,(H,24,25). The minimum atomic E-state index is -0.173. The monoisotopic (exact) mass is 354 g/mol. The van der Waals surface area contributed by atoms with E-state index in [1.807, 2.05) is 66.7 Å². The van der Waals surface area contributed by atoms with Gasteiger partial charge in [0.2, 0.25) is 5.78 Å². The molecule has 4 aromatic rings. The normalized spacial score (nSPS) is 10.6. The van der Waals surface area contributed by atoms with Gasteiger partial charge < -0.3 is 9.72 Å². The van der Waals surface area contributed by atoms with Crippen molar-refractivity contribution in [3.05, 3.63) is 96.3 Å². The first kappa shape index (κ1) is 16.8. The lowest BCUT2D eigenvalue weighted by Gasteiger charge is -2.02. The number of carbonyl (C=O) groups is 1. The van der Waals surface area contributed by atoms with E-state index in [1.165, 1.54) is 0 Å². The molecule has 0 amide bonds. The highest BCUT2D eigenvalue weighted by Gasteiger charge is 2.19. The highest BCUT2D eigenvalue weighted by atomic mass is 16.5. The second kappa shape index (κ2) is 7.30. The van der Waals surface area contributed by atoms with Crippen LogP contribution in [0.25, 0.3) is 22.5 Å². The Morgan fingerprint density at radius 3 is 2.19 bits per heavy atom. The summed E-state index contributed by atoms with van der Waals surface area (Å²) >= 11 is 0. The molecule has 3 aromatic carbocycles. The zero-order chi connectivity index (χ0) is 18.6. The van der Waals surface area contributed by atoms with Crippen LogP contribution in [0, 0.1) is 0 Å². The third-order valence-electron chi connectivity index (χ3n) is 4.36. The molecule has 0 fully saturated rings. The number of imidazole rings is 1. The van der Waals surface area contributed by atoms with E-state index in [-0.39, 0.29) is 5.78 Å². The molecule has 0 aliphatic heterocycles. The number of nitrogens with zero attached hydrogens (tertiary/aromatic N) is 1. The molecule has 0 saturated carbocycles. The molecule has 27 heavy (non-hydrogen) atoms. The summed E-state index contributed by atoms with van der Waals surface area (Å²) in [4.78, 5) is 20.9. The first-order valence-corrected chi connectivity index (χ1v) is 8.66. The van der Waals surface area contributed by atoms with Gasteiger partial charge in [0, 0.05) is 16.7 Å². The third-order valence-corrected chi connectivity index (χ3v) is 4.36. The van der Waals surface area contributed by atoms with Crippen LogP contribution in [0.15, 0.2) is 84.9 Å². The fraction of sp³-hybridized carbons (Fsp3) is 0.0435. The maximum absolute atomic E-state index is 13.0. The van der Waals surface area contributed by atoms with Crippen molar-refractivity contribution in [2.45, 2.75) is 0 Å². The van der Waals surface area contributed by atoms with Gasteiger partial charge in [-0.25, -0.2) is 4.98 Å². The number of methoxy groups -OCH3 is 1. The molecular formula is C23H18N2O2. The number of ether oxygens (including phenoxy) is 1. The summed E-state index contributed by atoms with van der Waals surface area (Å²) in [5.74, 6) is 0.771. The second-order valence-corrected chi connectivity index (χ2v) is 6.10. The van der Waals surface area contributed by atoms with E-state index in [2.05, 4.69) is 9.97 Å². The van der Waals surface area contributed by atoms with Gasteiger partial charge >= 0.3 is 0 Å². The van der Waals surface area contributed by atoms with Gasteiger partial charge in [-0.2, -0.15) is 0 Å².